The minimum absolute atomic E-state index is 0.568. The molecular weight excluding hydrogens is 250 g/mol. The molecule has 15 heavy (non-hydrogen) atoms. The van der Waals surface area contributed by atoms with Crippen molar-refractivity contribution in [3.8, 4) is 11.1 Å². The molecule has 75 valence electrons. The van der Waals surface area contributed by atoms with Gasteiger partial charge in [0.05, 0.1) is 0 Å². The topological polar surface area (TPSA) is 0 Å². The molecule has 1 radical (unpaired) electrons. The van der Waals surface area contributed by atoms with Gasteiger partial charge in [-0.25, -0.2) is 0 Å². The highest BCUT2D eigenvalue weighted by Crippen LogP contribution is 2.31. The van der Waals surface area contributed by atoms with Gasteiger partial charge in [-0.15, -0.1) is 0 Å². The van der Waals surface area contributed by atoms with Gasteiger partial charge in [0.25, 0.3) is 0 Å². The molecule has 0 aliphatic heterocycles. The van der Waals surface area contributed by atoms with E-state index in [0.717, 1.165) is 11.1 Å². The minimum Gasteiger partial charge on any atom is -0.0843 e. The Bertz CT molecular complexity index is 492. The molecule has 2 aromatic rings. The SMILES string of the molecule is Clc1[c]ccc(-c2ccc(Cl)cc2Cl)c1. The van der Waals surface area contributed by atoms with Gasteiger partial charge in [-0.05, 0) is 23.8 Å². The first-order valence-corrected chi connectivity index (χ1v) is 5.43. The molecule has 0 saturated carbocycles. The van der Waals surface area contributed by atoms with E-state index < -0.39 is 0 Å². The van der Waals surface area contributed by atoms with Gasteiger partial charge in [0.2, 0.25) is 0 Å². The summed E-state index contributed by atoms with van der Waals surface area (Å²) in [5, 5.41) is 1.81. The average Bonchev–Trinajstić information content (AvgIpc) is 2.17. The number of benzene rings is 2. The van der Waals surface area contributed by atoms with E-state index in [2.05, 4.69) is 6.07 Å². The lowest BCUT2D eigenvalue weighted by molar-refractivity contribution is 1.61. The summed E-state index contributed by atoms with van der Waals surface area (Å²) < 4.78 is 0. The van der Waals surface area contributed by atoms with Crippen molar-refractivity contribution in [2.45, 2.75) is 0 Å². The third-order valence-corrected chi connectivity index (χ3v) is 2.77. The zero-order chi connectivity index (χ0) is 10.8. The first kappa shape index (κ1) is 10.8. The Morgan fingerprint density at radius 2 is 1.73 bits per heavy atom. The van der Waals surface area contributed by atoms with Gasteiger partial charge < -0.3 is 0 Å². The Hall–Kier alpha value is -0.690. The Morgan fingerprint density at radius 3 is 2.40 bits per heavy atom. The molecule has 0 atom stereocenters. The van der Waals surface area contributed by atoms with Crippen LogP contribution in [0, 0.1) is 6.07 Å². The molecule has 0 unspecified atom stereocenters. The van der Waals surface area contributed by atoms with Gasteiger partial charge in [-0.2, -0.15) is 0 Å². The largest absolute Gasteiger partial charge is 0.0843 e. The summed E-state index contributed by atoms with van der Waals surface area (Å²) in [5.41, 5.74) is 1.87. The fourth-order valence-electron chi connectivity index (χ4n) is 1.33. The summed E-state index contributed by atoms with van der Waals surface area (Å²) in [6.07, 6.45) is 0. The lowest BCUT2D eigenvalue weighted by Crippen LogP contribution is -1.79. The van der Waals surface area contributed by atoms with Crippen molar-refractivity contribution < 1.29 is 0 Å². The van der Waals surface area contributed by atoms with Crippen molar-refractivity contribution in [1.82, 2.24) is 0 Å². The van der Waals surface area contributed by atoms with Crippen LogP contribution in [0.5, 0.6) is 0 Å². The van der Waals surface area contributed by atoms with Crippen LogP contribution in [0.15, 0.2) is 36.4 Å². The fraction of sp³-hybridized carbons (Fsp3) is 0. The smallest absolute Gasteiger partial charge is 0.0499 e. The van der Waals surface area contributed by atoms with Crippen LogP contribution in [0.25, 0.3) is 11.1 Å². The molecule has 0 aliphatic rings. The molecule has 0 spiro atoms. The second-order valence-electron chi connectivity index (χ2n) is 3.05. The summed E-state index contributed by atoms with van der Waals surface area (Å²) in [7, 11) is 0. The predicted octanol–water partition coefficient (Wildman–Crippen LogP) is 5.11. The van der Waals surface area contributed by atoms with E-state index in [4.69, 9.17) is 34.8 Å². The summed E-state index contributed by atoms with van der Waals surface area (Å²) in [5.74, 6) is 0. The van der Waals surface area contributed by atoms with Crippen molar-refractivity contribution in [2.24, 2.45) is 0 Å². The number of halogens is 3. The van der Waals surface area contributed by atoms with Crippen LogP contribution in [-0.2, 0) is 0 Å². The van der Waals surface area contributed by atoms with Crippen LogP contribution in [0.1, 0.15) is 0 Å². The number of hydrogen-bond acceptors (Lipinski definition) is 0. The lowest BCUT2D eigenvalue weighted by atomic mass is 10.1. The van der Waals surface area contributed by atoms with Crippen molar-refractivity contribution >= 4 is 34.8 Å². The Balaban J connectivity index is 2.54. The van der Waals surface area contributed by atoms with Gasteiger partial charge in [0, 0.05) is 26.7 Å². The summed E-state index contributed by atoms with van der Waals surface area (Å²) in [6.45, 7) is 0. The molecule has 2 rings (SSSR count). The predicted molar refractivity (Wildman–Crippen MR) is 65.7 cm³/mol. The second kappa shape index (κ2) is 4.44. The van der Waals surface area contributed by atoms with Crippen LogP contribution in [-0.4, -0.2) is 0 Å². The van der Waals surface area contributed by atoms with Gasteiger partial charge in [0.15, 0.2) is 0 Å². The van der Waals surface area contributed by atoms with Crippen molar-refractivity contribution in [2.75, 3.05) is 0 Å². The lowest BCUT2D eigenvalue weighted by Gasteiger charge is -2.04. The van der Waals surface area contributed by atoms with E-state index in [0.29, 0.717) is 15.1 Å². The van der Waals surface area contributed by atoms with Crippen LogP contribution in [0.2, 0.25) is 15.1 Å². The molecule has 0 heterocycles. The molecule has 3 heteroatoms. The van der Waals surface area contributed by atoms with E-state index in [1.807, 2.05) is 18.2 Å². The maximum absolute atomic E-state index is 6.08. The van der Waals surface area contributed by atoms with Gasteiger partial charge in [-0.1, -0.05) is 53.0 Å². The molecule has 2 aromatic carbocycles. The third kappa shape index (κ3) is 2.46. The highest BCUT2D eigenvalue weighted by atomic mass is 35.5. The molecule has 0 saturated heterocycles. The molecule has 0 aromatic heterocycles. The quantitative estimate of drug-likeness (QED) is 0.665. The Labute approximate surface area is 103 Å². The highest BCUT2D eigenvalue weighted by Gasteiger charge is 2.04. The van der Waals surface area contributed by atoms with Crippen LogP contribution in [0.4, 0.5) is 0 Å². The zero-order valence-corrected chi connectivity index (χ0v) is 9.87. The number of rotatable bonds is 1. The molecule has 0 amide bonds. The highest BCUT2D eigenvalue weighted by molar-refractivity contribution is 6.36. The maximum Gasteiger partial charge on any atom is 0.0499 e. The van der Waals surface area contributed by atoms with E-state index in [1.165, 1.54) is 0 Å². The average molecular weight is 257 g/mol. The Morgan fingerprint density at radius 1 is 0.933 bits per heavy atom. The van der Waals surface area contributed by atoms with Crippen molar-refractivity contribution in [3.63, 3.8) is 0 Å². The van der Waals surface area contributed by atoms with Gasteiger partial charge >= 0.3 is 0 Å². The maximum atomic E-state index is 6.08. The standard InChI is InChI=1S/C12H6Cl3/c13-9-3-1-2-8(6-9)11-5-4-10(14)7-12(11)15/h1-2,4-7H. The summed E-state index contributed by atoms with van der Waals surface area (Å²) in [6, 6.07) is 13.7. The molecule has 0 nitrogen and oxygen atoms in total. The van der Waals surface area contributed by atoms with Gasteiger partial charge in [0.1, 0.15) is 0 Å². The van der Waals surface area contributed by atoms with Crippen molar-refractivity contribution in [1.29, 1.82) is 0 Å². The zero-order valence-electron chi connectivity index (χ0n) is 7.60. The molecule has 0 fully saturated rings. The first-order valence-electron chi connectivity index (χ1n) is 4.29. The molecule has 0 N–H and O–H groups in total. The molecule has 0 aliphatic carbocycles. The minimum atomic E-state index is 0.568. The fourth-order valence-corrected chi connectivity index (χ4v) is 2.03. The second-order valence-corrected chi connectivity index (χ2v) is 4.30. The molecular formula is C12H6Cl3. The third-order valence-electron chi connectivity index (χ3n) is 2.01. The normalized spacial score (nSPS) is 10.3. The van der Waals surface area contributed by atoms with Crippen LogP contribution >= 0.6 is 34.8 Å². The summed E-state index contributed by atoms with van der Waals surface area (Å²) >= 11 is 17.8. The van der Waals surface area contributed by atoms with E-state index in [1.54, 1.807) is 18.2 Å². The summed E-state index contributed by atoms with van der Waals surface area (Å²) in [4.78, 5) is 0. The monoisotopic (exact) mass is 255 g/mol. The van der Waals surface area contributed by atoms with Crippen LogP contribution in [0.3, 0.4) is 0 Å². The molecule has 0 bridgehead atoms. The Kier molecular flexibility index (Phi) is 3.20. The van der Waals surface area contributed by atoms with E-state index in [9.17, 15) is 0 Å². The number of hydrogen-bond donors (Lipinski definition) is 0. The van der Waals surface area contributed by atoms with Crippen molar-refractivity contribution in [3.05, 3.63) is 57.5 Å². The van der Waals surface area contributed by atoms with E-state index in [-0.39, 0.29) is 0 Å². The van der Waals surface area contributed by atoms with Gasteiger partial charge in [-0.3, -0.25) is 0 Å². The van der Waals surface area contributed by atoms with E-state index >= 15 is 0 Å². The van der Waals surface area contributed by atoms with Crippen LogP contribution < -0.4 is 0 Å². The first-order chi connectivity index (χ1) is 7.16.